The summed E-state index contributed by atoms with van der Waals surface area (Å²) in [4.78, 5) is 23.3. The molecule has 2 rings (SSSR count). The zero-order valence-electron chi connectivity index (χ0n) is 12.5. The molecule has 0 saturated heterocycles. The van der Waals surface area contributed by atoms with E-state index in [1.165, 1.54) is 0 Å². The Hall–Kier alpha value is -2.04. The number of hydrogen-bond donors (Lipinski definition) is 2. The Kier molecular flexibility index (Phi) is 5.20. The standard InChI is InChI=1S/C16H22N2O3/c1-11-8-14(11)16(20)17-7-6-15(19)18-10-12-4-3-5-13(9-12)21-2/h3-5,9,11,14H,6-8,10H2,1-2H3,(H,17,20)(H,18,19). The highest BCUT2D eigenvalue weighted by Crippen LogP contribution is 2.37. The molecule has 2 atom stereocenters. The van der Waals surface area contributed by atoms with Crippen LogP contribution in [-0.4, -0.2) is 25.5 Å². The molecular weight excluding hydrogens is 268 g/mol. The van der Waals surface area contributed by atoms with Crippen molar-refractivity contribution in [1.82, 2.24) is 10.6 Å². The Bertz CT molecular complexity index is 516. The van der Waals surface area contributed by atoms with Crippen molar-refractivity contribution in [1.29, 1.82) is 0 Å². The summed E-state index contributed by atoms with van der Waals surface area (Å²) in [6.45, 7) is 2.92. The average molecular weight is 290 g/mol. The molecular formula is C16H22N2O3. The zero-order chi connectivity index (χ0) is 15.2. The lowest BCUT2D eigenvalue weighted by Gasteiger charge is -2.08. The predicted molar refractivity (Wildman–Crippen MR) is 79.7 cm³/mol. The minimum Gasteiger partial charge on any atom is -0.497 e. The maximum Gasteiger partial charge on any atom is 0.223 e. The van der Waals surface area contributed by atoms with Gasteiger partial charge in [-0.3, -0.25) is 9.59 Å². The Morgan fingerprint density at radius 2 is 2.10 bits per heavy atom. The fraction of sp³-hybridized carbons (Fsp3) is 0.500. The van der Waals surface area contributed by atoms with Crippen LogP contribution in [0.1, 0.15) is 25.3 Å². The van der Waals surface area contributed by atoms with Crippen molar-refractivity contribution in [2.75, 3.05) is 13.7 Å². The molecule has 0 bridgehead atoms. The van der Waals surface area contributed by atoms with E-state index in [4.69, 9.17) is 4.74 Å². The lowest BCUT2D eigenvalue weighted by Crippen LogP contribution is -2.31. The van der Waals surface area contributed by atoms with Crippen molar-refractivity contribution >= 4 is 11.8 Å². The number of ether oxygens (including phenoxy) is 1. The predicted octanol–water partition coefficient (Wildman–Crippen LogP) is 1.47. The lowest BCUT2D eigenvalue weighted by molar-refractivity contribution is -0.123. The van der Waals surface area contributed by atoms with E-state index in [1.807, 2.05) is 24.3 Å². The second-order valence-corrected chi connectivity index (χ2v) is 5.49. The Morgan fingerprint density at radius 3 is 2.76 bits per heavy atom. The molecule has 0 aromatic heterocycles. The molecule has 1 aliphatic rings. The highest BCUT2D eigenvalue weighted by molar-refractivity contribution is 5.82. The third kappa shape index (κ3) is 4.77. The number of carbonyl (C=O) groups excluding carboxylic acids is 2. The van der Waals surface area contributed by atoms with Gasteiger partial charge in [-0.1, -0.05) is 19.1 Å². The number of rotatable bonds is 7. The first-order chi connectivity index (χ1) is 10.1. The van der Waals surface area contributed by atoms with Gasteiger partial charge in [0.05, 0.1) is 7.11 Å². The molecule has 2 amide bonds. The molecule has 5 nitrogen and oxygen atoms in total. The van der Waals surface area contributed by atoms with Gasteiger partial charge in [0.15, 0.2) is 0 Å². The Morgan fingerprint density at radius 1 is 1.33 bits per heavy atom. The van der Waals surface area contributed by atoms with Crippen molar-refractivity contribution in [2.24, 2.45) is 11.8 Å². The first kappa shape index (κ1) is 15.4. The molecule has 0 spiro atoms. The van der Waals surface area contributed by atoms with Gasteiger partial charge in [0.25, 0.3) is 0 Å². The Labute approximate surface area is 125 Å². The summed E-state index contributed by atoms with van der Waals surface area (Å²) in [5, 5.41) is 5.63. The van der Waals surface area contributed by atoms with Crippen molar-refractivity contribution in [2.45, 2.75) is 26.3 Å². The number of benzene rings is 1. The van der Waals surface area contributed by atoms with Gasteiger partial charge >= 0.3 is 0 Å². The number of hydrogen-bond acceptors (Lipinski definition) is 3. The van der Waals surface area contributed by atoms with Crippen LogP contribution in [0.3, 0.4) is 0 Å². The third-order valence-electron chi connectivity index (χ3n) is 3.72. The van der Waals surface area contributed by atoms with E-state index < -0.39 is 0 Å². The average Bonchev–Trinajstić information content (AvgIpc) is 3.22. The molecule has 21 heavy (non-hydrogen) atoms. The van der Waals surface area contributed by atoms with Gasteiger partial charge in [-0.15, -0.1) is 0 Å². The van der Waals surface area contributed by atoms with E-state index in [-0.39, 0.29) is 17.7 Å². The van der Waals surface area contributed by atoms with Crippen LogP contribution in [0.2, 0.25) is 0 Å². The first-order valence-electron chi connectivity index (χ1n) is 7.27. The minimum atomic E-state index is -0.0676. The van der Waals surface area contributed by atoms with E-state index in [9.17, 15) is 9.59 Å². The third-order valence-corrected chi connectivity index (χ3v) is 3.72. The van der Waals surface area contributed by atoms with Crippen molar-refractivity contribution in [3.05, 3.63) is 29.8 Å². The van der Waals surface area contributed by atoms with Crippen LogP contribution in [0.15, 0.2) is 24.3 Å². The van der Waals surface area contributed by atoms with Crippen molar-refractivity contribution < 1.29 is 14.3 Å². The molecule has 1 aliphatic carbocycles. The fourth-order valence-corrected chi connectivity index (χ4v) is 2.19. The normalized spacial score (nSPS) is 19.7. The summed E-state index contributed by atoms with van der Waals surface area (Å²) < 4.78 is 5.13. The van der Waals surface area contributed by atoms with Gasteiger partial charge in [-0.25, -0.2) is 0 Å². The van der Waals surface area contributed by atoms with Crippen molar-refractivity contribution in [3.63, 3.8) is 0 Å². The number of carbonyl (C=O) groups is 2. The quantitative estimate of drug-likeness (QED) is 0.799. The summed E-state index contributed by atoms with van der Waals surface area (Å²) in [7, 11) is 1.61. The number of nitrogens with one attached hydrogen (secondary N) is 2. The summed E-state index contributed by atoms with van der Waals surface area (Å²) in [5.41, 5.74) is 0.985. The van der Waals surface area contributed by atoms with Crippen LogP contribution in [-0.2, 0) is 16.1 Å². The molecule has 0 aliphatic heterocycles. The van der Waals surface area contributed by atoms with Crippen LogP contribution in [0.4, 0.5) is 0 Å². The van der Waals surface area contributed by atoms with E-state index in [1.54, 1.807) is 7.11 Å². The van der Waals surface area contributed by atoms with Crippen LogP contribution in [0.25, 0.3) is 0 Å². The molecule has 2 N–H and O–H groups in total. The van der Waals surface area contributed by atoms with Crippen molar-refractivity contribution in [3.8, 4) is 5.75 Å². The molecule has 1 aromatic rings. The SMILES string of the molecule is COc1cccc(CNC(=O)CCNC(=O)C2CC2C)c1. The van der Waals surface area contributed by atoms with Gasteiger partial charge in [-0.05, 0) is 30.0 Å². The molecule has 2 unspecified atom stereocenters. The lowest BCUT2D eigenvalue weighted by atomic mass is 10.2. The summed E-state index contributed by atoms with van der Waals surface area (Å²) >= 11 is 0. The van der Waals surface area contributed by atoms with Gasteiger partial charge in [0.1, 0.15) is 5.75 Å². The second kappa shape index (κ2) is 7.11. The van der Waals surface area contributed by atoms with Crippen LogP contribution in [0.5, 0.6) is 5.75 Å². The van der Waals surface area contributed by atoms with Crippen LogP contribution in [0, 0.1) is 11.8 Å². The number of methoxy groups -OCH3 is 1. The summed E-state index contributed by atoms with van der Waals surface area (Å²) in [6.07, 6.45) is 1.27. The van der Waals surface area contributed by atoms with Gasteiger partial charge in [0.2, 0.25) is 11.8 Å². The molecule has 0 heterocycles. The molecule has 1 fully saturated rings. The Balaban J connectivity index is 1.64. The molecule has 1 aromatic carbocycles. The maximum atomic E-state index is 11.7. The first-order valence-corrected chi connectivity index (χ1v) is 7.27. The fourth-order valence-electron chi connectivity index (χ4n) is 2.19. The van der Waals surface area contributed by atoms with E-state index >= 15 is 0 Å². The monoisotopic (exact) mass is 290 g/mol. The minimum absolute atomic E-state index is 0.0676. The van der Waals surface area contributed by atoms with Crippen LogP contribution < -0.4 is 15.4 Å². The van der Waals surface area contributed by atoms with E-state index in [0.717, 1.165) is 17.7 Å². The number of amides is 2. The van der Waals surface area contributed by atoms with Gasteiger partial charge in [-0.2, -0.15) is 0 Å². The molecule has 114 valence electrons. The summed E-state index contributed by atoms with van der Waals surface area (Å²) in [6, 6.07) is 7.56. The molecule has 0 radical (unpaired) electrons. The summed E-state index contributed by atoms with van der Waals surface area (Å²) in [5.74, 6) is 1.43. The van der Waals surface area contributed by atoms with Gasteiger partial charge < -0.3 is 15.4 Å². The smallest absolute Gasteiger partial charge is 0.223 e. The maximum absolute atomic E-state index is 11.7. The van der Waals surface area contributed by atoms with E-state index in [2.05, 4.69) is 17.6 Å². The van der Waals surface area contributed by atoms with Gasteiger partial charge in [0, 0.05) is 25.4 Å². The van der Waals surface area contributed by atoms with E-state index in [0.29, 0.717) is 25.4 Å². The second-order valence-electron chi connectivity index (χ2n) is 5.49. The molecule has 1 saturated carbocycles. The van der Waals surface area contributed by atoms with Crippen LogP contribution >= 0.6 is 0 Å². The topological polar surface area (TPSA) is 67.4 Å². The highest BCUT2D eigenvalue weighted by Gasteiger charge is 2.38. The highest BCUT2D eigenvalue weighted by atomic mass is 16.5. The largest absolute Gasteiger partial charge is 0.497 e. The zero-order valence-corrected chi connectivity index (χ0v) is 12.5. The molecule has 5 heteroatoms.